The number of rotatable bonds is 7. The van der Waals surface area contributed by atoms with Crippen molar-refractivity contribution in [3.05, 3.63) is 120 Å². The first kappa shape index (κ1) is 29.5. The van der Waals surface area contributed by atoms with Crippen molar-refractivity contribution in [2.24, 2.45) is 11.8 Å². The Balaban J connectivity index is 1.01. The first-order valence-corrected chi connectivity index (χ1v) is 16.0. The van der Waals surface area contributed by atoms with Crippen LogP contribution in [0.4, 0.5) is 5.82 Å². The maximum Gasteiger partial charge on any atom is 0.254 e. The lowest BCUT2D eigenvalue weighted by molar-refractivity contribution is 0.0772. The SMILES string of the molecule is Nc1ncccc1-c1nc2ccc(-c3ccccc3)nc2n1-c1ccc(CN2CC3CN(C(=O)c4ccc(C=O)c(O)c4)C[C@@H]3C2)cc1. The molecular formula is C38H33N7O3. The molecule has 3 N–H and O–H groups in total. The minimum absolute atomic E-state index is 0.107. The van der Waals surface area contributed by atoms with Gasteiger partial charge in [0, 0.05) is 55.7 Å². The van der Waals surface area contributed by atoms with E-state index in [0.29, 0.717) is 48.4 Å². The zero-order chi connectivity index (χ0) is 32.8. The van der Waals surface area contributed by atoms with Crippen LogP contribution in [0, 0.1) is 11.8 Å². The molecular weight excluding hydrogens is 602 g/mol. The molecule has 2 saturated heterocycles. The highest BCUT2D eigenvalue weighted by Gasteiger charge is 2.41. The Kier molecular flexibility index (Phi) is 7.41. The lowest BCUT2D eigenvalue weighted by atomic mass is 10.0. The number of hydrogen-bond acceptors (Lipinski definition) is 8. The minimum atomic E-state index is -0.167. The summed E-state index contributed by atoms with van der Waals surface area (Å²) < 4.78 is 2.05. The van der Waals surface area contributed by atoms with Crippen LogP contribution in [0.25, 0.3) is 39.5 Å². The molecule has 2 aliphatic heterocycles. The Morgan fingerprint density at radius 3 is 2.35 bits per heavy atom. The summed E-state index contributed by atoms with van der Waals surface area (Å²) in [6.45, 7) is 4.00. The van der Waals surface area contributed by atoms with E-state index in [1.54, 1.807) is 12.3 Å². The van der Waals surface area contributed by atoms with E-state index in [9.17, 15) is 14.7 Å². The number of phenolic OH excluding ortho intramolecular Hbond substituents is 1. The fraction of sp³-hybridized carbons (Fsp3) is 0.184. The summed E-state index contributed by atoms with van der Waals surface area (Å²) >= 11 is 0. The van der Waals surface area contributed by atoms with E-state index >= 15 is 0 Å². The summed E-state index contributed by atoms with van der Waals surface area (Å²) in [6, 6.07) is 30.9. The monoisotopic (exact) mass is 635 g/mol. The maximum absolute atomic E-state index is 13.1. The normalized spacial score (nSPS) is 17.5. The quantitative estimate of drug-likeness (QED) is 0.222. The number of benzene rings is 3. The topological polar surface area (TPSA) is 130 Å². The van der Waals surface area contributed by atoms with Gasteiger partial charge in [0.05, 0.1) is 16.8 Å². The number of nitrogen functional groups attached to an aromatic ring is 1. The van der Waals surface area contributed by atoms with Crippen molar-refractivity contribution >= 4 is 29.2 Å². The summed E-state index contributed by atoms with van der Waals surface area (Å²) in [5.41, 5.74) is 13.2. The van der Waals surface area contributed by atoms with Crippen LogP contribution >= 0.6 is 0 Å². The van der Waals surface area contributed by atoms with Crippen molar-refractivity contribution in [1.82, 2.24) is 29.3 Å². The van der Waals surface area contributed by atoms with E-state index in [0.717, 1.165) is 53.3 Å². The smallest absolute Gasteiger partial charge is 0.254 e. The van der Waals surface area contributed by atoms with Crippen molar-refractivity contribution in [3.8, 4) is 34.1 Å². The van der Waals surface area contributed by atoms with Gasteiger partial charge in [0.2, 0.25) is 0 Å². The third kappa shape index (κ3) is 5.35. The van der Waals surface area contributed by atoms with Crippen LogP contribution in [-0.2, 0) is 6.54 Å². The maximum atomic E-state index is 13.1. The Morgan fingerprint density at radius 2 is 1.65 bits per heavy atom. The van der Waals surface area contributed by atoms with Crippen LogP contribution in [0.5, 0.6) is 5.75 Å². The molecule has 3 aromatic heterocycles. The van der Waals surface area contributed by atoms with Gasteiger partial charge in [0.15, 0.2) is 17.8 Å². The molecule has 1 unspecified atom stereocenters. The summed E-state index contributed by atoms with van der Waals surface area (Å²) in [7, 11) is 0. The molecule has 5 heterocycles. The van der Waals surface area contributed by atoms with Crippen molar-refractivity contribution in [1.29, 1.82) is 0 Å². The van der Waals surface area contributed by atoms with Gasteiger partial charge < -0.3 is 15.7 Å². The average Bonchev–Trinajstić information content (AvgIpc) is 3.80. The minimum Gasteiger partial charge on any atom is -0.507 e. The van der Waals surface area contributed by atoms with E-state index in [-0.39, 0.29) is 17.2 Å². The highest BCUT2D eigenvalue weighted by atomic mass is 16.3. The number of hydrogen-bond donors (Lipinski definition) is 2. The van der Waals surface area contributed by atoms with Gasteiger partial charge >= 0.3 is 0 Å². The zero-order valence-corrected chi connectivity index (χ0v) is 26.1. The number of carbonyl (C=O) groups excluding carboxylic acids is 2. The van der Waals surface area contributed by atoms with E-state index < -0.39 is 0 Å². The molecule has 1 amide bonds. The van der Waals surface area contributed by atoms with Crippen molar-refractivity contribution < 1.29 is 14.7 Å². The molecule has 2 atom stereocenters. The van der Waals surface area contributed by atoms with Gasteiger partial charge in [0.1, 0.15) is 17.1 Å². The van der Waals surface area contributed by atoms with E-state index in [4.69, 9.17) is 15.7 Å². The standard InChI is InChI=1S/C38H33N7O3/c39-35-31(7-4-16-40-35)36-42-33-15-14-32(25-5-2-1-3-6-25)41-37(33)45(36)30-12-8-24(9-13-30)18-43-19-28-21-44(22-29(28)20-43)38(48)26-10-11-27(23-46)34(47)17-26/h1-17,23,28-29,47H,18-22H2,(H2,39,40)/t28-,29?/m0/s1. The molecule has 2 fully saturated rings. The van der Waals surface area contributed by atoms with Crippen molar-refractivity contribution in [3.63, 3.8) is 0 Å². The molecule has 238 valence electrons. The molecule has 8 rings (SSSR count). The second kappa shape index (κ2) is 12.1. The number of anilines is 1. The molecule has 0 bridgehead atoms. The number of pyridine rings is 2. The fourth-order valence-corrected chi connectivity index (χ4v) is 7.11. The number of aromatic hydroxyl groups is 1. The Morgan fingerprint density at radius 1 is 0.875 bits per heavy atom. The molecule has 10 heteroatoms. The number of nitrogens with two attached hydrogens (primary N) is 1. The number of fused-ring (bicyclic) bond motifs is 2. The molecule has 0 saturated carbocycles. The predicted molar refractivity (Wildman–Crippen MR) is 184 cm³/mol. The summed E-state index contributed by atoms with van der Waals surface area (Å²) in [4.78, 5) is 42.8. The second-order valence-corrected chi connectivity index (χ2v) is 12.6. The van der Waals surface area contributed by atoms with Gasteiger partial charge in [-0.3, -0.25) is 19.1 Å². The summed E-state index contributed by atoms with van der Waals surface area (Å²) in [5.74, 6) is 1.60. The first-order chi connectivity index (χ1) is 23.4. The van der Waals surface area contributed by atoms with E-state index in [1.807, 2.05) is 59.5 Å². The predicted octanol–water partition coefficient (Wildman–Crippen LogP) is 5.45. The summed E-state index contributed by atoms with van der Waals surface area (Å²) in [5, 5.41) is 10.0. The highest BCUT2D eigenvalue weighted by molar-refractivity contribution is 5.96. The van der Waals surface area contributed by atoms with Crippen LogP contribution in [0.3, 0.4) is 0 Å². The van der Waals surface area contributed by atoms with Crippen LogP contribution in [0.1, 0.15) is 26.3 Å². The van der Waals surface area contributed by atoms with Gasteiger partial charge in [0.25, 0.3) is 5.91 Å². The summed E-state index contributed by atoms with van der Waals surface area (Å²) in [6.07, 6.45) is 2.26. The lowest BCUT2D eigenvalue weighted by Crippen LogP contribution is -2.33. The third-order valence-electron chi connectivity index (χ3n) is 9.51. The molecule has 2 aliphatic rings. The first-order valence-electron chi connectivity index (χ1n) is 16.0. The van der Waals surface area contributed by atoms with E-state index in [1.165, 1.54) is 17.7 Å². The number of aldehydes is 1. The third-order valence-corrected chi connectivity index (χ3v) is 9.51. The molecule has 10 nitrogen and oxygen atoms in total. The van der Waals surface area contributed by atoms with E-state index in [2.05, 4.69) is 38.7 Å². The number of imidazole rings is 1. The number of amides is 1. The molecule has 0 spiro atoms. The van der Waals surface area contributed by atoms with Crippen LogP contribution < -0.4 is 5.73 Å². The lowest BCUT2D eigenvalue weighted by Gasteiger charge is -2.22. The van der Waals surface area contributed by atoms with Gasteiger partial charge in [-0.1, -0.05) is 42.5 Å². The van der Waals surface area contributed by atoms with Gasteiger partial charge in [-0.05, 0) is 72.0 Å². The molecule has 0 radical (unpaired) electrons. The van der Waals surface area contributed by atoms with Crippen molar-refractivity contribution in [2.75, 3.05) is 31.9 Å². The highest BCUT2D eigenvalue weighted by Crippen LogP contribution is 2.35. The zero-order valence-electron chi connectivity index (χ0n) is 26.1. The van der Waals surface area contributed by atoms with Crippen LogP contribution in [-0.4, -0.2) is 72.8 Å². The van der Waals surface area contributed by atoms with Crippen molar-refractivity contribution in [2.45, 2.75) is 6.54 Å². The Hall–Kier alpha value is -5.87. The average molecular weight is 636 g/mol. The van der Waals surface area contributed by atoms with Gasteiger partial charge in [-0.25, -0.2) is 15.0 Å². The number of aromatic nitrogens is 4. The molecule has 3 aromatic carbocycles. The molecule has 0 aliphatic carbocycles. The number of nitrogens with zero attached hydrogens (tertiary/aromatic N) is 6. The largest absolute Gasteiger partial charge is 0.507 e. The fourth-order valence-electron chi connectivity index (χ4n) is 7.11. The van der Waals surface area contributed by atoms with Crippen LogP contribution in [0.2, 0.25) is 0 Å². The van der Waals surface area contributed by atoms with Gasteiger partial charge in [-0.15, -0.1) is 0 Å². The number of likely N-dealkylation sites (tertiary alicyclic amines) is 2. The number of carbonyl (C=O) groups is 2. The van der Waals surface area contributed by atoms with Crippen LogP contribution in [0.15, 0.2) is 103 Å². The molecule has 6 aromatic rings. The Bertz CT molecular complexity index is 2150. The second-order valence-electron chi connectivity index (χ2n) is 12.6. The number of phenols is 1. The molecule has 48 heavy (non-hydrogen) atoms. The van der Waals surface area contributed by atoms with Gasteiger partial charge in [-0.2, -0.15) is 0 Å². The Labute approximate surface area is 277 Å².